The van der Waals surface area contributed by atoms with Crippen molar-refractivity contribution in [2.24, 2.45) is 0 Å². The van der Waals surface area contributed by atoms with Crippen molar-refractivity contribution in [2.75, 3.05) is 6.61 Å². The Hall–Kier alpha value is 0.880. The molecule has 0 saturated carbocycles. The van der Waals surface area contributed by atoms with Crippen molar-refractivity contribution in [2.45, 2.75) is 30.5 Å². The van der Waals surface area contributed by atoms with Crippen LogP contribution in [0.15, 0.2) is 0 Å². The highest BCUT2D eigenvalue weighted by Crippen LogP contribution is 2.28. The second kappa shape index (κ2) is 4.70. The van der Waals surface area contributed by atoms with Gasteiger partial charge in [0, 0.05) is 6.61 Å². The fourth-order valence-electron chi connectivity index (χ4n) is 0.560. The van der Waals surface area contributed by atoms with Gasteiger partial charge >= 0.3 is 0 Å². The van der Waals surface area contributed by atoms with Gasteiger partial charge in [-0.1, -0.05) is 0 Å². The summed E-state index contributed by atoms with van der Waals surface area (Å²) in [5.41, 5.74) is 0. The van der Waals surface area contributed by atoms with Gasteiger partial charge < -0.3 is 9.47 Å². The van der Waals surface area contributed by atoms with Crippen molar-refractivity contribution in [1.82, 2.24) is 0 Å². The molecule has 0 saturated heterocycles. The Balaban J connectivity index is 3.47. The van der Waals surface area contributed by atoms with Crippen molar-refractivity contribution in [3.63, 3.8) is 0 Å². The molecule has 0 fully saturated rings. The fourth-order valence-corrected chi connectivity index (χ4v) is 1.09. The van der Waals surface area contributed by atoms with Gasteiger partial charge in [-0.2, -0.15) is 0 Å². The van der Waals surface area contributed by atoms with E-state index in [2.05, 4.69) is 31.9 Å². The Labute approximate surface area is 78.5 Å². The number of hydrogen-bond acceptors (Lipinski definition) is 2. The molecule has 0 aromatic rings. The van der Waals surface area contributed by atoms with E-state index in [-0.39, 0.29) is 6.29 Å². The molecule has 10 heavy (non-hydrogen) atoms. The second-order valence-corrected chi connectivity index (χ2v) is 6.04. The van der Waals surface area contributed by atoms with Crippen molar-refractivity contribution < 1.29 is 9.47 Å². The van der Waals surface area contributed by atoms with Gasteiger partial charge in [-0.05, 0) is 52.6 Å². The molecule has 0 N–H and O–H groups in total. The first kappa shape index (κ1) is 10.9. The average molecular weight is 276 g/mol. The second-order valence-electron chi connectivity index (χ2n) is 1.95. The maximum Gasteiger partial charge on any atom is 0.178 e. The summed E-state index contributed by atoms with van der Waals surface area (Å²) in [7, 11) is 0. The Morgan fingerprint density at radius 3 is 2.30 bits per heavy atom. The third kappa shape index (κ3) is 6.99. The van der Waals surface area contributed by atoms with E-state index in [1.165, 1.54) is 0 Å². The molecule has 0 radical (unpaired) electrons. The van der Waals surface area contributed by atoms with Crippen molar-refractivity contribution in [3.05, 3.63) is 0 Å². The average Bonchev–Trinajstić information content (AvgIpc) is 1.59. The monoisotopic (exact) mass is 274 g/mol. The Bertz CT molecular complexity index is 90.2. The van der Waals surface area contributed by atoms with E-state index >= 15 is 0 Å². The van der Waals surface area contributed by atoms with E-state index in [0.29, 0.717) is 6.61 Å². The van der Waals surface area contributed by atoms with Gasteiger partial charge in [-0.25, -0.2) is 0 Å². The first-order chi connectivity index (χ1) is 4.45. The summed E-state index contributed by atoms with van der Waals surface area (Å²) < 4.78 is 9.95. The molecule has 0 aliphatic rings. The molecule has 1 atom stereocenters. The number of ether oxygens (including phenoxy) is 2. The maximum atomic E-state index is 5.29. The summed E-state index contributed by atoms with van der Waals surface area (Å²) >= 11 is 6.53. The third-order valence-corrected chi connectivity index (χ3v) is 1.15. The summed E-state index contributed by atoms with van der Waals surface area (Å²) in [4.78, 5) is 0. The van der Waals surface area contributed by atoms with Crippen molar-refractivity contribution in [3.8, 4) is 0 Å². The lowest BCUT2D eigenvalue weighted by Crippen LogP contribution is -2.21. The highest BCUT2D eigenvalue weighted by molar-refractivity contribution is 9.25. The van der Waals surface area contributed by atoms with Gasteiger partial charge in [0.1, 0.15) is 0 Å². The molecule has 0 aromatic heterocycles. The van der Waals surface area contributed by atoms with E-state index < -0.39 is 3.42 Å². The summed E-state index contributed by atoms with van der Waals surface area (Å²) in [6, 6.07) is 0. The lowest BCUT2D eigenvalue weighted by atomic mass is 10.7. The van der Waals surface area contributed by atoms with Gasteiger partial charge in [0.15, 0.2) is 9.71 Å². The highest BCUT2D eigenvalue weighted by atomic mass is 79.9. The van der Waals surface area contributed by atoms with Crippen LogP contribution in [0.2, 0.25) is 0 Å². The Morgan fingerprint density at radius 2 is 2.00 bits per heavy atom. The van der Waals surface area contributed by atoms with Gasteiger partial charge in [0.25, 0.3) is 0 Å². The lowest BCUT2D eigenvalue weighted by Gasteiger charge is -2.20. The zero-order valence-electron chi connectivity index (χ0n) is 6.36. The van der Waals surface area contributed by atoms with Gasteiger partial charge in [-0.3, -0.25) is 0 Å². The largest absolute Gasteiger partial charge is 0.353 e. The molecular weight excluding hydrogens is 264 g/mol. The van der Waals surface area contributed by atoms with Crippen LogP contribution in [-0.4, -0.2) is 16.3 Å². The van der Waals surface area contributed by atoms with Crippen LogP contribution >= 0.6 is 31.9 Å². The predicted molar refractivity (Wildman–Crippen MR) is 48.4 cm³/mol. The van der Waals surface area contributed by atoms with Crippen LogP contribution in [0.5, 0.6) is 0 Å². The number of alkyl halides is 2. The van der Waals surface area contributed by atoms with Crippen LogP contribution in [0.4, 0.5) is 0 Å². The Kier molecular flexibility index (Phi) is 5.11. The molecular formula is C6H12Br2O2. The molecule has 0 spiro atoms. The summed E-state index contributed by atoms with van der Waals surface area (Å²) in [5, 5.41) is 0. The van der Waals surface area contributed by atoms with Crippen LogP contribution < -0.4 is 0 Å². The highest BCUT2D eigenvalue weighted by Gasteiger charge is 2.18. The molecule has 0 aliphatic heterocycles. The minimum Gasteiger partial charge on any atom is -0.353 e. The molecule has 0 heterocycles. The third-order valence-electron chi connectivity index (χ3n) is 0.774. The van der Waals surface area contributed by atoms with Crippen molar-refractivity contribution >= 4 is 31.9 Å². The summed E-state index contributed by atoms with van der Waals surface area (Å²) in [5.74, 6) is 0. The SMILES string of the molecule is CCOC(C)OC(C)(Br)Br. The van der Waals surface area contributed by atoms with Crippen molar-refractivity contribution in [1.29, 1.82) is 0 Å². The van der Waals surface area contributed by atoms with E-state index in [1.54, 1.807) is 0 Å². The first-order valence-corrected chi connectivity index (χ1v) is 4.71. The molecule has 0 amide bonds. The molecule has 4 heteroatoms. The van der Waals surface area contributed by atoms with Crippen LogP contribution in [0, 0.1) is 0 Å². The molecule has 0 aliphatic carbocycles. The standard InChI is InChI=1S/C6H12Br2O2/c1-4-9-5(2)10-6(3,7)8/h5H,4H2,1-3H3. The van der Waals surface area contributed by atoms with Crippen LogP contribution in [0.25, 0.3) is 0 Å². The minimum absolute atomic E-state index is 0.186. The predicted octanol–water partition coefficient (Wildman–Crippen LogP) is 2.85. The zero-order valence-corrected chi connectivity index (χ0v) is 9.53. The van der Waals surface area contributed by atoms with Gasteiger partial charge in [0.2, 0.25) is 0 Å². The van der Waals surface area contributed by atoms with Gasteiger partial charge in [-0.15, -0.1) is 0 Å². The van der Waals surface area contributed by atoms with Crippen LogP contribution in [-0.2, 0) is 9.47 Å². The first-order valence-electron chi connectivity index (χ1n) is 3.13. The van der Waals surface area contributed by atoms with Gasteiger partial charge in [0.05, 0.1) is 0 Å². The molecule has 0 aromatic carbocycles. The summed E-state index contributed by atoms with van der Waals surface area (Å²) in [6.45, 7) is 6.30. The molecule has 62 valence electrons. The maximum absolute atomic E-state index is 5.29. The minimum atomic E-state index is -0.478. The number of rotatable bonds is 4. The quantitative estimate of drug-likeness (QED) is 0.580. The van der Waals surface area contributed by atoms with E-state index in [9.17, 15) is 0 Å². The zero-order chi connectivity index (χ0) is 8.20. The molecule has 0 rings (SSSR count). The Morgan fingerprint density at radius 1 is 1.50 bits per heavy atom. The topological polar surface area (TPSA) is 18.5 Å². The van der Waals surface area contributed by atoms with E-state index in [1.807, 2.05) is 20.8 Å². The molecule has 2 nitrogen and oxygen atoms in total. The van der Waals surface area contributed by atoms with Crippen LogP contribution in [0.1, 0.15) is 20.8 Å². The number of halogens is 2. The summed E-state index contributed by atoms with van der Waals surface area (Å²) in [6.07, 6.45) is -0.186. The number of hydrogen-bond donors (Lipinski definition) is 0. The lowest BCUT2D eigenvalue weighted by molar-refractivity contribution is -0.137. The fraction of sp³-hybridized carbons (Fsp3) is 1.00. The normalized spacial score (nSPS) is 15.3. The molecule has 1 unspecified atom stereocenters. The molecule has 0 bridgehead atoms. The van der Waals surface area contributed by atoms with Crippen LogP contribution in [0.3, 0.4) is 0 Å². The van der Waals surface area contributed by atoms with E-state index in [4.69, 9.17) is 9.47 Å². The van der Waals surface area contributed by atoms with E-state index in [0.717, 1.165) is 0 Å². The smallest absolute Gasteiger partial charge is 0.178 e.